The van der Waals surface area contributed by atoms with Gasteiger partial charge < -0.3 is 21.3 Å². The van der Waals surface area contributed by atoms with Gasteiger partial charge in [0.05, 0.1) is 0 Å². The highest BCUT2D eigenvalue weighted by atomic mass is 15.2. The topological polar surface area (TPSA) is 58.5 Å². The second kappa shape index (κ2) is 5.49. The van der Waals surface area contributed by atoms with Crippen LogP contribution in [-0.2, 0) is 0 Å². The van der Waals surface area contributed by atoms with Gasteiger partial charge in [0.25, 0.3) is 0 Å². The Hall–Kier alpha value is -1.10. The molecule has 1 aromatic rings. The first kappa shape index (κ1) is 12.4. The van der Waals surface area contributed by atoms with Gasteiger partial charge in [0.2, 0.25) is 0 Å². The molecule has 0 unspecified atom stereocenters. The third-order valence-corrected chi connectivity index (χ3v) is 3.43. The Morgan fingerprint density at radius 2 is 1.82 bits per heavy atom. The Bertz CT molecular complexity index is 358. The molecule has 4 heteroatoms. The molecule has 2 rings (SSSR count). The predicted octanol–water partition coefficient (Wildman–Crippen LogP) is 0.397. The highest BCUT2D eigenvalue weighted by Crippen LogP contribution is 2.25. The second-order valence-corrected chi connectivity index (χ2v) is 4.69. The van der Waals surface area contributed by atoms with E-state index in [1.165, 1.54) is 11.3 Å². The third-order valence-electron chi connectivity index (χ3n) is 3.43. The molecule has 17 heavy (non-hydrogen) atoms. The molecule has 1 heterocycles. The Kier molecular flexibility index (Phi) is 3.99. The summed E-state index contributed by atoms with van der Waals surface area (Å²) in [5.41, 5.74) is 14.2. The van der Waals surface area contributed by atoms with Gasteiger partial charge in [-0.3, -0.25) is 0 Å². The maximum Gasteiger partial charge on any atom is 0.0440 e. The summed E-state index contributed by atoms with van der Waals surface area (Å²) in [7, 11) is 2.16. The van der Waals surface area contributed by atoms with E-state index >= 15 is 0 Å². The smallest absolute Gasteiger partial charge is 0.0440 e. The van der Waals surface area contributed by atoms with E-state index in [1.54, 1.807) is 0 Å². The van der Waals surface area contributed by atoms with Crippen LogP contribution in [0.1, 0.15) is 11.6 Å². The number of hydrogen-bond acceptors (Lipinski definition) is 4. The van der Waals surface area contributed by atoms with E-state index in [-0.39, 0.29) is 6.04 Å². The first-order chi connectivity index (χ1) is 8.22. The molecule has 1 saturated heterocycles. The monoisotopic (exact) mass is 234 g/mol. The maximum atomic E-state index is 6.07. The minimum atomic E-state index is -0.0640. The van der Waals surface area contributed by atoms with Crippen molar-refractivity contribution in [2.24, 2.45) is 11.5 Å². The van der Waals surface area contributed by atoms with Crippen LogP contribution in [0.5, 0.6) is 0 Å². The van der Waals surface area contributed by atoms with Gasteiger partial charge in [0.1, 0.15) is 0 Å². The van der Waals surface area contributed by atoms with E-state index in [1.807, 2.05) is 6.07 Å². The van der Waals surface area contributed by atoms with Gasteiger partial charge in [0.15, 0.2) is 0 Å². The van der Waals surface area contributed by atoms with Gasteiger partial charge in [-0.15, -0.1) is 0 Å². The molecule has 1 aliphatic rings. The molecule has 0 saturated carbocycles. The van der Waals surface area contributed by atoms with E-state index in [0.29, 0.717) is 6.54 Å². The Balaban J connectivity index is 2.19. The Morgan fingerprint density at radius 3 is 2.47 bits per heavy atom. The van der Waals surface area contributed by atoms with Crippen molar-refractivity contribution in [1.29, 1.82) is 0 Å². The minimum absolute atomic E-state index is 0.0640. The number of rotatable bonds is 3. The Labute approximate surface area is 103 Å². The number of nitrogens with two attached hydrogens (primary N) is 2. The zero-order chi connectivity index (χ0) is 12.3. The molecule has 1 aliphatic heterocycles. The van der Waals surface area contributed by atoms with Crippen molar-refractivity contribution in [3.63, 3.8) is 0 Å². The Morgan fingerprint density at radius 1 is 1.18 bits per heavy atom. The molecule has 1 atom stereocenters. The predicted molar refractivity (Wildman–Crippen MR) is 72.1 cm³/mol. The van der Waals surface area contributed by atoms with E-state index in [9.17, 15) is 0 Å². The van der Waals surface area contributed by atoms with Crippen LogP contribution >= 0.6 is 0 Å². The zero-order valence-corrected chi connectivity index (χ0v) is 10.5. The molecule has 4 nitrogen and oxygen atoms in total. The lowest BCUT2D eigenvalue weighted by atomic mass is 10.0. The van der Waals surface area contributed by atoms with Crippen LogP contribution in [0.15, 0.2) is 24.3 Å². The van der Waals surface area contributed by atoms with Crippen molar-refractivity contribution in [3.05, 3.63) is 29.8 Å². The summed E-state index contributed by atoms with van der Waals surface area (Å²) in [5.74, 6) is 0. The van der Waals surface area contributed by atoms with Crippen LogP contribution in [0.4, 0.5) is 5.69 Å². The summed E-state index contributed by atoms with van der Waals surface area (Å²) in [4.78, 5) is 4.76. The van der Waals surface area contributed by atoms with E-state index in [0.717, 1.165) is 26.2 Å². The standard InChI is InChI=1S/C13H22N4/c1-16-6-8-17(9-7-16)13-5-3-2-4-11(13)12(15)10-14/h2-5,12H,6-10,14-15H2,1H3/t12-/m0/s1. The van der Waals surface area contributed by atoms with Gasteiger partial charge in [-0.05, 0) is 18.7 Å². The van der Waals surface area contributed by atoms with Crippen LogP contribution in [0, 0.1) is 0 Å². The van der Waals surface area contributed by atoms with E-state index in [4.69, 9.17) is 11.5 Å². The van der Waals surface area contributed by atoms with Crippen LogP contribution in [0.2, 0.25) is 0 Å². The van der Waals surface area contributed by atoms with Crippen molar-refractivity contribution in [1.82, 2.24) is 4.90 Å². The van der Waals surface area contributed by atoms with Gasteiger partial charge in [-0.1, -0.05) is 18.2 Å². The molecule has 0 radical (unpaired) electrons. The number of benzene rings is 1. The van der Waals surface area contributed by atoms with Crippen LogP contribution < -0.4 is 16.4 Å². The summed E-state index contributed by atoms with van der Waals surface area (Å²) < 4.78 is 0. The van der Waals surface area contributed by atoms with Crippen molar-refractivity contribution in [2.45, 2.75) is 6.04 Å². The lowest BCUT2D eigenvalue weighted by Gasteiger charge is -2.35. The SMILES string of the molecule is CN1CCN(c2ccccc2[C@@H](N)CN)CC1. The fourth-order valence-electron chi connectivity index (χ4n) is 2.26. The lowest BCUT2D eigenvalue weighted by molar-refractivity contribution is 0.312. The summed E-state index contributed by atoms with van der Waals surface area (Å²) in [6, 6.07) is 8.28. The maximum absolute atomic E-state index is 6.07. The quantitative estimate of drug-likeness (QED) is 0.794. The molecule has 0 spiro atoms. The fraction of sp³-hybridized carbons (Fsp3) is 0.538. The van der Waals surface area contributed by atoms with Crippen LogP contribution in [-0.4, -0.2) is 44.7 Å². The molecule has 1 aromatic carbocycles. The average Bonchev–Trinajstić information content (AvgIpc) is 2.39. The van der Waals surface area contributed by atoms with Crippen molar-refractivity contribution < 1.29 is 0 Å². The summed E-state index contributed by atoms with van der Waals surface area (Å²) >= 11 is 0. The van der Waals surface area contributed by atoms with Gasteiger partial charge >= 0.3 is 0 Å². The molecule has 0 bridgehead atoms. The van der Waals surface area contributed by atoms with E-state index < -0.39 is 0 Å². The van der Waals surface area contributed by atoms with Gasteiger partial charge in [-0.25, -0.2) is 0 Å². The number of nitrogens with zero attached hydrogens (tertiary/aromatic N) is 2. The first-order valence-corrected chi connectivity index (χ1v) is 6.20. The largest absolute Gasteiger partial charge is 0.369 e. The zero-order valence-electron chi connectivity index (χ0n) is 10.5. The molecule has 0 aliphatic carbocycles. The van der Waals surface area contributed by atoms with Crippen molar-refractivity contribution in [2.75, 3.05) is 44.7 Å². The summed E-state index contributed by atoms with van der Waals surface area (Å²) in [6.45, 7) is 4.82. The van der Waals surface area contributed by atoms with Crippen molar-refractivity contribution in [3.8, 4) is 0 Å². The molecule has 4 N–H and O–H groups in total. The van der Waals surface area contributed by atoms with Crippen molar-refractivity contribution >= 4 is 5.69 Å². The summed E-state index contributed by atoms with van der Waals surface area (Å²) in [5, 5.41) is 0. The highest BCUT2D eigenvalue weighted by molar-refractivity contribution is 5.55. The minimum Gasteiger partial charge on any atom is -0.369 e. The first-order valence-electron chi connectivity index (χ1n) is 6.20. The molecule has 94 valence electrons. The molecule has 1 fully saturated rings. The molecular weight excluding hydrogens is 212 g/mol. The normalized spacial score (nSPS) is 19.4. The highest BCUT2D eigenvalue weighted by Gasteiger charge is 2.18. The second-order valence-electron chi connectivity index (χ2n) is 4.69. The van der Waals surface area contributed by atoms with E-state index in [2.05, 4.69) is 35.0 Å². The number of para-hydroxylation sites is 1. The lowest BCUT2D eigenvalue weighted by Crippen LogP contribution is -2.45. The number of hydrogen-bond donors (Lipinski definition) is 2. The molecule has 0 aromatic heterocycles. The average molecular weight is 234 g/mol. The summed E-state index contributed by atoms with van der Waals surface area (Å²) in [6.07, 6.45) is 0. The van der Waals surface area contributed by atoms with Crippen LogP contribution in [0.3, 0.4) is 0 Å². The fourth-order valence-corrected chi connectivity index (χ4v) is 2.26. The van der Waals surface area contributed by atoms with Gasteiger partial charge in [0, 0.05) is 44.5 Å². The number of likely N-dealkylation sites (N-methyl/N-ethyl adjacent to an activating group) is 1. The number of anilines is 1. The molecule has 0 amide bonds. The third kappa shape index (κ3) is 2.77. The molecular formula is C13H22N4. The van der Waals surface area contributed by atoms with Gasteiger partial charge in [-0.2, -0.15) is 0 Å². The van der Waals surface area contributed by atoms with Crippen LogP contribution in [0.25, 0.3) is 0 Å². The number of piperazine rings is 1.